The van der Waals surface area contributed by atoms with Crippen LogP contribution in [-0.2, 0) is 7.05 Å². The van der Waals surface area contributed by atoms with Crippen LogP contribution in [0.2, 0.25) is 0 Å². The molecule has 0 amide bonds. The number of tetrazole rings is 1. The summed E-state index contributed by atoms with van der Waals surface area (Å²) in [5, 5.41) is 11.2. The summed E-state index contributed by atoms with van der Waals surface area (Å²) in [5.74, 6) is 3.34. The molecule has 0 spiro atoms. The van der Waals surface area contributed by atoms with E-state index in [1.165, 1.54) is 6.34 Å². The smallest absolute Gasteiger partial charge is 0.200 e. The topological polar surface area (TPSA) is 68.3 Å². The van der Waals surface area contributed by atoms with Gasteiger partial charge in [-0.25, -0.2) is 9.67 Å². The van der Waals surface area contributed by atoms with Gasteiger partial charge in [0, 0.05) is 13.1 Å². The molecule has 6 heteroatoms. The number of aryl methyl sites for hydroxylation is 1. The van der Waals surface area contributed by atoms with Gasteiger partial charge in [-0.05, 0) is 28.8 Å². The molecule has 0 aliphatic carbocycles. The Kier molecular flexibility index (Phi) is 2.04. The number of nitrogens with zero attached hydrogens (tertiary/aromatic N) is 6. The lowest BCUT2D eigenvalue weighted by molar-refractivity contribution is 0.704. The molecule has 70 valence electrons. The van der Waals surface area contributed by atoms with E-state index in [4.69, 9.17) is 0 Å². The van der Waals surface area contributed by atoms with E-state index in [9.17, 15) is 0 Å². The predicted octanol–water partition coefficient (Wildman–Crippen LogP) is 0.209. The molecular weight excluding hydrogens is 180 g/mol. The minimum absolute atomic E-state index is 0.619. The van der Waals surface area contributed by atoms with Crippen molar-refractivity contribution in [2.24, 2.45) is 17.0 Å². The summed E-state index contributed by atoms with van der Waals surface area (Å²) in [6.07, 6.45) is 3.17. The molecule has 1 aromatic rings. The maximum atomic E-state index is 4.14. The van der Waals surface area contributed by atoms with E-state index in [-0.39, 0.29) is 0 Å². The first-order chi connectivity index (χ1) is 6.79. The van der Waals surface area contributed by atoms with Crippen molar-refractivity contribution in [1.29, 1.82) is 0 Å². The summed E-state index contributed by atoms with van der Waals surface area (Å²) in [6.45, 7) is 1.91. The van der Waals surface area contributed by atoms with Crippen molar-refractivity contribution < 1.29 is 0 Å². The van der Waals surface area contributed by atoms with Gasteiger partial charge in [0.2, 0.25) is 5.82 Å². The lowest BCUT2D eigenvalue weighted by atomic mass is 10.2. The highest BCUT2D eigenvalue weighted by molar-refractivity contribution is 5.82. The van der Waals surface area contributed by atoms with E-state index in [1.807, 2.05) is 6.92 Å². The highest BCUT2D eigenvalue weighted by atomic mass is 15.5. The molecule has 0 aromatic carbocycles. The number of allylic oxidation sites excluding steroid dienone is 2. The van der Waals surface area contributed by atoms with Crippen LogP contribution in [0.3, 0.4) is 0 Å². The molecule has 0 fully saturated rings. The number of aromatic nitrogens is 4. The van der Waals surface area contributed by atoms with E-state index in [2.05, 4.69) is 31.4 Å². The zero-order valence-corrected chi connectivity index (χ0v) is 7.84. The van der Waals surface area contributed by atoms with Crippen LogP contribution in [0, 0.1) is 0 Å². The van der Waals surface area contributed by atoms with Gasteiger partial charge in [0.15, 0.2) is 0 Å². The average molecular weight is 188 g/mol. The van der Waals surface area contributed by atoms with Crippen LogP contribution in [0.15, 0.2) is 21.6 Å². The van der Waals surface area contributed by atoms with Gasteiger partial charge in [-0.1, -0.05) is 0 Å². The molecule has 0 atom stereocenters. The molecule has 1 aromatic heterocycles. The van der Waals surface area contributed by atoms with Gasteiger partial charge in [-0.2, -0.15) is 4.99 Å². The molecule has 0 saturated heterocycles. The molecule has 0 saturated carbocycles. The Labute approximate surface area is 80.4 Å². The van der Waals surface area contributed by atoms with Crippen LogP contribution in [0.5, 0.6) is 0 Å². The van der Waals surface area contributed by atoms with Crippen LogP contribution in [-0.4, -0.2) is 32.4 Å². The molecule has 0 N–H and O–H groups in total. The summed E-state index contributed by atoms with van der Waals surface area (Å²) in [5.41, 5.74) is 1.65. The van der Waals surface area contributed by atoms with Crippen molar-refractivity contribution in [2.45, 2.75) is 6.92 Å². The third-order valence-electron chi connectivity index (χ3n) is 1.81. The third kappa shape index (κ3) is 1.38. The number of aliphatic imine (C=N–C) groups is 2. The number of rotatable bonds is 1. The second-order valence-corrected chi connectivity index (χ2v) is 2.80. The van der Waals surface area contributed by atoms with Crippen molar-refractivity contribution in [1.82, 2.24) is 20.2 Å². The first kappa shape index (κ1) is 8.52. The summed E-state index contributed by atoms with van der Waals surface area (Å²) >= 11 is 0. The highest BCUT2D eigenvalue weighted by Crippen LogP contribution is 2.17. The molecule has 14 heavy (non-hydrogen) atoms. The Bertz CT molecular complexity index is 472. The molecule has 0 unspecified atom stereocenters. The standard InChI is InChI=1S/C8H8N6/c1-6-3-4-9-5-10-7(6)8-11-12-13-14(8)2/h3,5H,1-2H3. The van der Waals surface area contributed by atoms with Gasteiger partial charge in [0.05, 0.1) is 0 Å². The zero-order valence-electron chi connectivity index (χ0n) is 7.84. The highest BCUT2D eigenvalue weighted by Gasteiger charge is 2.10. The first-order valence-electron chi connectivity index (χ1n) is 4.04. The molecule has 6 nitrogen and oxygen atoms in total. The zero-order chi connectivity index (χ0) is 9.97. The fourth-order valence-electron chi connectivity index (χ4n) is 1.09. The quantitative estimate of drug-likeness (QED) is 0.632. The molecule has 1 aliphatic rings. The fraction of sp³-hybridized carbons (Fsp3) is 0.250. The van der Waals surface area contributed by atoms with Crippen LogP contribution in [0.25, 0.3) is 5.70 Å². The first-order valence-corrected chi connectivity index (χ1v) is 4.04. The van der Waals surface area contributed by atoms with E-state index < -0.39 is 0 Å². The molecule has 1 aliphatic heterocycles. The second-order valence-electron chi connectivity index (χ2n) is 2.80. The number of hydrogen-bond donors (Lipinski definition) is 0. The molecule has 0 radical (unpaired) electrons. The minimum atomic E-state index is 0.619. The summed E-state index contributed by atoms with van der Waals surface area (Å²) in [7, 11) is 1.76. The van der Waals surface area contributed by atoms with Crippen LogP contribution in [0.1, 0.15) is 12.7 Å². The number of hydrogen-bond acceptors (Lipinski definition) is 5. The molecular formula is C8H8N6. The van der Waals surface area contributed by atoms with Gasteiger partial charge in [0.1, 0.15) is 12.0 Å². The Morgan fingerprint density at radius 3 is 3.00 bits per heavy atom. The lowest BCUT2D eigenvalue weighted by Crippen LogP contribution is -1.99. The van der Waals surface area contributed by atoms with Crippen LogP contribution in [0.4, 0.5) is 0 Å². The second kappa shape index (κ2) is 3.35. The van der Waals surface area contributed by atoms with Crippen molar-refractivity contribution >= 4 is 17.9 Å². The van der Waals surface area contributed by atoms with E-state index in [1.54, 1.807) is 17.8 Å². The Balaban J connectivity index is 2.55. The van der Waals surface area contributed by atoms with Gasteiger partial charge < -0.3 is 0 Å². The summed E-state index contributed by atoms with van der Waals surface area (Å²) in [4.78, 5) is 7.93. The summed E-state index contributed by atoms with van der Waals surface area (Å²) in [6, 6.07) is 0. The van der Waals surface area contributed by atoms with Crippen molar-refractivity contribution in [3.05, 3.63) is 17.5 Å². The van der Waals surface area contributed by atoms with Gasteiger partial charge >= 0.3 is 0 Å². The SMILES string of the molecule is CC1=C(c2nnnn2C)N=CN=C=C1. The molecule has 0 bridgehead atoms. The van der Waals surface area contributed by atoms with Crippen LogP contribution >= 0.6 is 0 Å². The Morgan fingerprint density at radius 2 is 2.29 bits per heavy atom. The van der Waals surface area contributed by atoms with Crippen LogP contribution < -0.4 is 0 Å². The fourth-order valence-corrected chi connectivity index (χ4v) is 1.09. The average Bonchev–Trinajstić information content (AvgIpc) is 2.46. The van der Waals surface area contributed by atoms with E-state index in [0.717, 1.165) is 5.57 Å². The van der Waals surface area contributed by atoms with Crippen molar-refractivity contribution in [3.8, 4) is 0 Å². The van der Waals surface area contributed by atoms with Gasteiger partial charge in [-0.15, -0.1) is 5.10 Å². The Morgan fingerprint density at radius 1 is 1.43 bits per heavy atom. The van der Waals surface area contributed by atoms with Gasteiger partial charge in [0.25, 0.3) is 0 Å². The van der Waals surface area contributed by atoms with E-state index in [0.29, 0.717) is 11.5 Å². The monoisotopic (exact) mass is 188 g/mol. The maximum Gasteiger partial charge on any atom is 0.200 e. The third-order valence-corrected chi connectivity index (χ3v) is 1.81. The largest absolute Gasteiger partial charge is 0.232 e. The predicted molar refractivity (Wildman–Crippen MR) is 51.9 cm³/mol. The molecule has 2 rings (SSSR count). The normalized spacial score (nSPS) is 15.0. The lowest BCUT2D eigenvalue weighted by Gasteiger charge is -1.99. The van der Waals surface area contributed by atoms with E-state index >= 15 is 0 Å². The minimum Gasteiger partial charge on any atom is -0.232 e. The van der Waals surface area contributed by atoms with Crippen molar-refractivity contribution in [3.63, 3.8) is 0 Å². The van der Waals surface area contributed by atoms with Gasteiger partial charge in [-0.3, -0.25) is 0 Å². The van der Waals surface area contributed by atoms with Crippen molar-refractivity contribution in [2.75, 3.05) is 0 Å². The summed E-state index contributed by atoms with van der Waals surface area (Å²) < 4.78 is 1.56. The maximum absolute atomic E-state index is 4.14. The Hall–Kier alpha value is -2.07. The molecule has 2 heterocycles.